The first kappa shape index (κ1) is 17.0. The van der Waals surface area contributed by atoms with E-state index in [4.69, 9.17) is 4.74 Å². The molecule has 25 heavy (non-hydrogen) atoms. The lowest BCUT2D eigenvalue weighted by atomic mass is 10.1. The second kappa shape index (κ2) is 8.29. The number of carbonyl (C=O) groups excluding carboxylic acids is 2. The molecule has 1 N–H and O–H groups in total. The Hall–Kier alpha value is -2.88. The Morgan fingerprint density at radius 2 is 1.80 bits per heavy atom. The van der Waals surface area contributed by atoms with Crippen molar-refractivity contribution in [3.05, 3.63) is 77.9 Å². The van der Waals surface area contributed by atoms with Gasteiger partial charge in [-0.2, -0.15) is 0 Å². The average Bonchev–Trinajstić information content (AvgIpc) is 3.14. The van der Waals surface area contributed by atoms with Crippen molar-refractivity contribution in [1.29, 1.82) is 0 Å². The van der Waals surface area contributed by atoms with Crippen molar-refractivity contribution in [2.45, 2.75) is 25.9 Å². The molecule has 2 aromatic rings. The SMILES string of the molecule is O=C(C[C@@H]1C=CCC1)OCc1ccc(C(=O)Nc2ccccc2)cc1. The fourth-order valence-corrected chi connectivity index (χ4v) is 2.78. The van der Waals surface area contributed by atoms with E-state index < -0.39 is 0 Å². The summed E-state index contributed by atoms with van der Waals surface area (Å²) >= 11 is 0. The first-order valence-electron chi connectivity index (χ1n) is 8.48. The molecular formula is C21H21NO3. The van der Waals surface area contributed by atoms with Crippen LogP contribution in [0.15, 0.2) is 66.7 Å². The van der Waals surface area contributed by atoms with Crippen LogP contribution in [0.3, 0.4) is 0 Å². The van der Waals surface area contributed by atoms with Crippen molar-refractivity contribution in [3.63, 3.8) is 0 Å². The van der Waals surface area contributed by atoms with Crippen molar-refractivity contribution >= 4 is 17.6 Å². The van der Waals surface area contributed by atoms with Crippen molar-refractivity contribution in [2.75, 3.05) is 5.32 Å². The molecule has 0 spiro atoms. The molecule has 0 bridgehead atoms. The van der Waals surface area contributed by atoms with Crippen molar-refractivity contribution < 1.29 is 14.3 Å². The van der Waals surface area contributed by atoms with E-state index in [0.29, 0.717) is 17.9 Å². The summed E-state index contributed by atoms with van der Waals surface area (Å²) in [5.41, 5.74) is 2.19. The van der Waals surface area contributed by atoms with E-state index in [9.17, 15) is 9.59 Å². The van der Waals surface area contributed by atoms with E-state index in [-0.39, 0.29) is 18.5 Å². The Morgan fingerprint density at radius 3 is 2.48 bits per heavy atom. The number of carbonyl (C=O) groups is 2. The highest BCUT2D eigenvalue weighted by atomic mass is 16.5. The van der Waals surface area contributed by atoms with Gasteiger partial charge in [-0.05, 0) is 48.6 Å². The van der Waals surface area contributed by atoms with E-state index in [0.717, 1.165) is 24.1 Å². The number of hydrogen-bond donors (Lipinski definition) is 1. The Balaban J connectivity index is 1.49. The lowest BCUT2D eigenvalue weighted by Gasteiger charge is -2.09. The van der Waals surface area contributed by atoms with Crippen LogP contribution >= 0.6 is 0 Å². The highest BCUT2D eigenvalue weighted by Gasteiger charge is 2.15. The van der Waals surface area contributed by atoms with Gasteiger partial charge in [-0.3, -0.25) is 9.59 Å². The van der Waals surface area contributed by atoms with Crippen LogP contribution in [0.1, 0.15) is 35.2 Å². The number of hydrogen-bond acceptors (Lipinski definition) is 3. The molecule has 0 aliphatic heterocycles. The second-order valence-electron chi connectivity index (χ2n) is 6.15. The van der Waals surface area contributed by atoms with E-state index in [1.807, 2.05) is 42.5 Å². The quantitative estimate of drug-likeness (QED) is 0.631. The Bertz CT molecular complexity index is 750. The highest BCUT2D eigenvalue weighted by Crippen LogP contribution is 2.21. The summed E-state index contributed by atoms with van der Waals surface area (Å²) in [5, 5.41) is 2.84. The molecule has 1 aliphatic rings. The van der Waals surface area contributed by atoms with Gasteiger partial charge >= 0.3 is 5.97 Å². The number of para-hydroxylation sites is 1. The number of benzene rings is 2. The Morgan fingerprint density at radius 1 is 1.04 bits per heavy atom. The summed E-state index contributed by atoms with van der Waals surface area (Å²) in [5.74, 6) is -0.0261. The van der Waals surface area contributed by atoms with E-state index in [2.05, 4.69) is 17.5 Å². The van der Waals surface area contributed by atoms with Crippen LogP contribution in [0.5, 0.6) is 0 Å². The monoisotopic (exact) mass is 335 g/mol. The fraction of sp³-hybridized carbons (Fsp3) is 0.238. The minimum Gasteiger partial charge on any atom is -0.461 e. The number of rotatable bonds is 6. The largest absolute Gasteiger partial charge is 0.461 e. The first-order chi connectivity index (χ1) is 12.2. The lowest BCUT2D eigenvalue weighted by Crippen LogP contribution is -2.12. The zero-order chi connectivity index (χ0) is 17.5. The summed E-state index contributed by atoms with van der Waals surface area (Å²) in [6, 6.07) is 16.4. The van der Waals surface area contributed by atoms with Gasteiger partial charge in [0.15, 0.2) is 0 Å². The van der Waals surface area contributed by atoms with Crippen LogP contribution in [0.4, 0.5) is 5.69 Å². The zero-order valence-corrected chi connectivity index (χ0v) is 14.0. The molecule has 1 amide bonds. The van der Waals surface area contributed by atoms with Gasteiger partial charge in [0.2, 0.25) is 0 Å². The molecule has 3 rings (SSSR count). The minimum atomic E-state index is -0.178. The standard InChI is InChI=1S/C21H21NO3/c23-20(14-16-6-4-5-7-16)25-15-17-10-12-18(13-11-17)21(24)22-19-8-2-1-3-9-19/h1-4,6,8-13,16H,5,7,14-15H2,(H,22,24)/t16-/m1/s1. The number of allylic oxidation sites excluding steroid dienone is 2. The topological polar surface area (TPSA) is 55.4 Å². The molecule has 0 fully saturated rings. The molecule has 0 heterocycles. The van der Waals surface area contributed by atoms with Gasteiger partial charge in [-0.15, -0.1) is 0 Å². The summed E-state index contributed by atoms with van der Waals surface area (Å²) in [6.07, 6.45) is 6.71. The molecule has 0 saturated heterocycles. The van der Waals surface area contributed by atoms with Gasteiger partial charge in [-0.1, -0.05) is 42.5 Å². The number of nitrogens with one attached hydrogen (secondary N) is 1. The maximum Gasteiger partial charge on any atom is 0.306 e. The summed E-state index contributed by atoms with van der Waals surface area (Å²) < 4.78 is 5.31. The first-order valence-corrected chi connectivity index (χ1v) is 8.48. The van der Waals surface area contributed by atoms with Crippen LogP contribution in [0.2, 0.25) is 0 Å². The van der Waals surface area contributed by atoms with Gasteiger partial charge in [0.1, 0.15) is 6.61 Å². The predicted octanol–water partition coefficient (Wildman–Crippen LogP) is 4.34. The highest BCUT2D eigenvalue weighted by molar-refractivity contribution is 6.04. The third-order valence-corrected chi connectivity index (χ3v) is 4.19. The summed E-state index contributed by atoms with van der Waals surface area (Å²) in [6.45, 7) is 0.232. The van der Waals surface area contributed by atoms with Crippen LogP contribution < -0.4 is 5.32 Å². The Labute approximate surface area is 147 Å². The smallest absolute Gasteiger partial charge is 0.306 e. The molecule has 1 atom stereocenters. The van der Waals surface area contributed by atoms with Crippen LogP contribution in [-0.4, -0.2) is 11.9 Å². The number of esters is 1. The zero-order valence-electron chi connectivity index (χ0n) is 14.0. The third-order valence-electron chi connectivity index (χ3n) is 4.19. The molecule has 1 aliphatic carbocycles. The van der Waals surface area contributed by atoms with Gasteiger partial charge in [0, 0.05) is 11.3 Å². The maximum atomic E-state index is 12.2. The third kappa shape index (κ3) is 5.05. The second-order valence-corrected chi connectivity index (χ2v) is 6.15. The van der Waals surface area contributed by atoms with Crippen molar-refractivity contribution in [2.24, 2.45) is 5.92 Å². The van der Waals surface area contributed by atoms with E-state index in [1.165, 1.54) is 0 Å². The van der Waals surface area contributed by atoms with Gasteiger partial charge < -0.3 is 10.1 Å². The molecule has 0 saturated carbocycles. The van der Waals surface area contributed by atoms with Crippen LogP contribution in [-0.2, 0) is 16.1 Å². The minimum absolute atomic E-state index is 0.164. The van der Waals surface area contributed by atoms with E-state index in [1.54, 1.807) is 12.1 Å². The van der Waals surface area contributed by atoms with Crippen molar-refractivity contribution in [1.82, 2.24) is 0 Å². The lowest BCUT2D eigenvalue weighted by molar-refractivity contribution is -0.145. The normalized spacial score (nSPS) is 15.8. The van der Waals surface area contributed by atoms with Crippen LogP contribution in [0.25, 0.3) is 0 Å². The average molecular weight is 335 g/mol. The van der Waals surface area contributed by atoms with Gasteiger partial charge in [-0.25, -0.2) is 0 Å². The van der Waals surface area contributed by atoms with Crippen molar-refractivity contribution in [3.8, 4) is 0 Å². The molecular weight excluding hydrogens is 314 g/mol. The molecule has 0 radical (unpaired) electrons. The molecule has 4 heteroatoms. The number of ether oxygens (including phenoxy) is 1. The van der Waals surface area contributed by atoms with Gasteiger partial charge in [0.05, 0.1) is 6.42 Å². The molecule has 0 aromatic heterocycles. The summed E-state index contributed by atoms with van der Waals surface area (Å²) in [7, 11) is 0. The molecule has 128 valence electrons. The molecule has 0 unspecified atom stereocenters. The van der Waals surface area contributed by atoms with Crippen LogP contribution in [0, 0.1) is 5.92 Å². The number of amides is 1. The van der Waals surface area contributed by atoms with Gasteiger partial charge in [0.25, 0.3) is 5.91 Å². The molecule has 4 nitrogen and oxygen atoms in total. The van der Waals surface area contributed by atoms with E-state index >= 15 is 0 Å². The summed E-state index contributed by atoms with van der Waals surface area (Å²) in [4.78, 5) is 24.0. The predicted molar refractivity (Wildman–Crippen MR) is 97.1 cm³/mol. The Kier molecular flexibility index (Phi) is 5.62. The number of anilines is 1. The maximum absolute atomic E-state index is 12.2. The molecule has 2 aromatic carbocycles. The fourth-order valence-electron chi connectivity index (χ4n) is 2.78.